The van der Waals surface area contributed by atoms with Gasteiger partial charge in [-0.25, -0.2) is 20.4 Å². The number of benzene rings is 2. The predicted molar refractivity (Wildman–Crippen MR) is 293 cm³/mol. The van der Waals surface area contributed by atoms with Gasteiger partial charge >= 0.3 is 11.9 Å². The molecule has 12 heteroatoms. The highest BCUT2D eigenvalue weighted by molar-refractivity contribution is 5.92. The summed E-state index contributed by atoms with van der Waals surface area (Å²) in [5.74, 6) is 4.10. The molecule has 0 aromatic heterocycles. The third-order valence-corrected chi connectivity index (χ3v) is 24.3. The van der Waals surface area contributed by atoms with Gasteiger partial charge in [-0.1, -0.05) is 65.8 Å². The van der Waals surface area contributed by atoms with Crippen LogP contribution in [0.1, 0.15) is 202 Å². The van der Waals surface area contributed by atoms with Crippen molar-refractivity contribution in [3.05, 3.63) is 70.8 Å². The Morgan fingerprint density at radius 2 is 0.855 bits per heavy atom. The minimum absolute atomic E-state index is 0.0865. The zero-order valence-corrected chi connectivity index (χ0v) is 46.4. The number of rotatable bonds is 0. The third-order valence-electron chi connectivity index (χ3n) is 24.3. The van der Waals surface area contributed by atoms with Crippen LogP contribution in [0.2, 0.25) is 0 Å². The number of amides is 2. The van der Waals surface area contributed by atoms with Crippen LogP contribution < -0.4 is 10.9 Å². The Labute approximate surface area is 452 Å². The Kier molecular flexibility index (Phi) is 14.8. The highest BCUT2D eigenvalue weighted by atomic mass is 16.5. The fourth-order valence-electron chi connectivity index (χ4n) is 19.9. The molecule has 12 nitrogen and oxygen atoms in total. The molecule has 2 amide bonds. The van der Waals surface area contributed by atoms with E-state index in [1.165, 1.54) is 0 Å². The zero-order valence-electron chi connectivity index (χ0n) is 46.4. The number of hydrazone groups is 2. The van der Waals surface area contributed by atoms with Crippen molar-refractivity contribution in [1.29, 1.82) is 0 Å². The third kappa shape index (κ3) is 9.50. The molecule has 8 saturated carbocycles. The van der Waals surface area contributed by atoms with Crippen LogP contribution in [0.15, 0.2) is 58.7 Å². The van der Waals surface area contributed by atoms with Gasteiger partial charge < -0.3 is 19.7 Å². The molecule has 8 aliphatic carbocycles. The van der Waals surface area contributed by atoms with E-state index in [2.05, 4.69) is 62.6 Å². The van der Waals surface area contributed by atoms with Crippen LogP contribution in [-0.2, 0) is 19.1 Å². The number of ether oxygens (including phenoxy) is 2. The van der Waals surface area contributed by atoms with Crippen molar-refractivity contribution < 1.29 is 38.9 Å². The molecule has 2 aromatic rings. The minimum atomic E-state index is -0.401. The average Bonchev–Trinajstić information content (AvgIpc) is 4.03. The first-order chi connectivity index (χ1) is 36.4. The lowest BCUT2D eigenvalue weighted by atomic mass is 9.43. The SMILES string of the molecule is C[C@@H]1CCC(=O)N/N=C/c2ccc(cc2)C(=O)O[C@@H]2CC[C@@]3(C)[C@H](CC[C@@H]4[C@@H]3C[C@H](O)[C@]3(C)[C@H](CC[C@@H]43)[C@H](C)CCC(=O)N/N=C/c3ccc(cc3)C(=O)O[C@@H]3CC[C@@]4(C)[C@H](CC[C@@H]5[C@@H]4C[C@H](O)[C@]4(C)[C@@H]1CC[C@@H]54)C3)C2. The van der Waals surface area contributed by atoms with Crippen LogP contribution in [0, 0.1) is 92.7 Å². The van der Waals surface area contributed by atoms with Crippen molar-refractivity contribution in [2.75, 3.05) is 0 Å². The molecule has 14 heterocycles. The van der Waals surface area contributed by atoms with Crippen LogP contribution in [0.25, 0.3) is 0 Å². The maximum atomic E-state index is 13.6. The van der Waals surface area contributed by atoms with E-state index in [1.807, 2.05) is 24.3 Å². The fourth-order valence-corrected chi connectivity index (χ4v) is 19.9. The molecule has 0 unspecified atom stereocenters. The minimum Gasteiger partial charge on any atom is -0.459 e. The molecule has 8 fully saturated rings. The first-order valence-electron chi connectivity index (χ1n) is 30.0. The number of hydrogen-bond donors (Lipinski definition) is 4. The summed E-state index contributed by atoms with van der Waals surface area (Å²) in [6.45, 7) is 14.2. The number of carbonyl (C=O) groups excluding carboxylic acids is 4. The van der Waals surface area contributed by atoms with E-state index < -0.39 is 12.2 Å². The van der Waals surface area contributed by atoms with Crippen molar-refractivity contribution in [3.8, 4) is 0 Å². The number of aliphatic hydroxyl groups is 2. The standard InChI is InChI=1S/C64H88N4O8/c1-37-7-25-57(71)67-65-35-39-9-13-41(14-10-39)59(73)76-46-28-30-62(4)44(32-46)18-20-48-52-24-22-50(64(52,6)56(70)34-54(48)62)38(2)8-26-58(72)68-66-36-40-11-15-42(16-12-40)60(74)75-45-27-29-61(3)43(31-45)17-19-47-51-23-21-49(37)63(51,5)55(69)33-53(47)61/h9-16,35-38,43-56,69-70H,7-8,17-34H2,1-6H3,(H,67,71)(H,68,72)/b65-35+,66-36+/t37-,38-,43-,44-,45-,46-,47+,48+,49-,50-,51+,52+,53+,54+,55+,56+,61+,62+,63-,64-/m1/s1. The van der Waals surface area contributed by atoms with Crippen molar-refractivity contribution >= 4 is 36.2 Å². The molecule has 0 radical (unpaired) electrons. The molecule has 412 valence electrons. The van der Waals surface area contributed by atoms with Crippen LogP contribution in [0.4, 0.5) is 0 Å². The predicted octanol–water partition coefficient (Wildman–Crippen LogP) is 11.4. The summed E-state index contributed by atoms with van der Waals surface area (Å²) < 4.78 is 12.5. The topological polar surface area (TPSA) is 176 Å². The number of aliphatic hydroxyl groups excluding tert-OH is 2. The van der Waals surface area contributed by atoms with Gasteiger partial charge in [-0.05, 0) is 244 Å². The van der Waals surface area contributed by atoms with E-state index in [0.717, 1.165) is 127 Å². The van der Waals surface area contributed by atoms with Gasteiger partial charge in [0.05, 0.1) is 35.8 Å². The molecule has 0 saturated heterocycles. The van der Waals surface area contributed by atoms with Crippen LogP contribution in [-0.4, -0.2) is 70.8 Å². The van der Waals surface area contributed by atoms with Gasteiger partial charge in [-0.3, -0.25) is 9.59 Å². The lowest BCUT2D eigenvalue weighted by molar-refractivity contribution is -0.175. The van der Waals surface area contributed by atoms with Gasteiger partial charge in [0.15, 0.2) is 0 Å². The lowest BCUT2D eigenvalue weighted by Crippen LogP contribution is -2.59. The van der Waals surface area contributed by atoms with E-state index in [9.17, 15) is 29.4 Å². The van der Waals surface area contributed by atoms with E-state index in [4.69, 9.17) is 9.47 Å². The second-order valence-electron chi connectivity index (χ2n) is 27.4. The molecule has 14 aliphatic heterocycles. The molecule has 24 rings (SSSR count). The molecular formula is C64H88N4O8. The number of esters is 2. The van der Waals surface area contributed by atoms with Crippen molar-refractivity contribution in [3.63, 3.8) is 0 Å². The van der Waals surface area contributed by atoms with Crippen molar-refractivity contribution in [1.82, 2.24) is 10.9 Å². The monoisotopic (exact) mass is 1040 g/mol. The van der Waals surface area contributed by atoms with Gasteiger partial charge in [0.1, 0.15) is 12.2 Å². The summed E-state index contributed by atoms with van der Waals surface area (Å²) in [5, 5.41) is 33.1. The van der Waals surface area contributed by atoms with E-state index in [1.54, 1.807) is 36.7 Å². The summed E-state index contributed by atoms with van der Waals surface area (Å²) in [4.78, 5) is 53.5. The van der Waals surface area contributed by atoms with Crippen LogP contribution >= 0.6 is 0 Å². The maximum Gasteiger partial charge on any atom is 0.338 e. The molecule has 76 heavy (non-hydrogen) atoms. The number of nitrogens with zero attached hydrogens (tertiary/aromatic N) is 2. The Bertz CT molecular complexity index is 2380. The molecule has 0 spiro atoms. The number of carbonyl (C=O) groups is 4. The molecule has 2 aromatic carbocycles. The molecular weight excluding hydrogens is 953 g/mol. The molecule has 4 N–H and O–H groups in total. The Morgan fingerprint density at radius 3 is 1.25 bits per heavy atom. The zero-order chi connectivity index (χ0) is 53.3. The van der Waals surface area contributed by atoms with Gasteiger partial charge in [0.2, 0.25) is 11.8 Å². The van der Waals surface area contributed by atoms with E-state index >= 15 is 0 Å². The highest BCUT2D eigenvalue weighted by Gasteiger charge is 2.66. The number of nitrogens with one attached hydrogen (secondary N) is 2. The lowest BCUT2D eigenvalue weighted by Gasteiger charge is -2.62. The Balaban J connectivity index is 0.770. The quantitative estimate of drug-likeness (QED) is 0.189. The Hall–Kier alpha value is -4.42. The molecule has 20 atom stereocenters. The van der Waals surface area contributed by atoms with Crippen LogP contribution in [0.5, 0.6) is 0 Å². The molecule has 22 aliphatic rings. The van der Waals surface area contributed by atoms with Crippen LogP contribution in [0.3, 0.4) is 0 Å². The second-order valence-corrected chi connectivity index (χ2v) is 27.4. The van der Waals surface area contributed by atoms with Gasteiger partial charge in [0, 0.05) is 12.8 Å². The second kappa shape index (κ2) is 21.0. The van der Waals surface area contributed by atoms with Crippen molar-refractivity contribution in [2.24, 2.45) is 103 Å². The van der Waals surface area contributed by atoms with Crippen molar-refractivity contribution in [2.45, 2.75) is 194 Å². The van der Waals surface area contributed by atoms with E-state index in [-0.39, 0.29) is 69.5 Å². The molecule has 20 bridgehead atoms. The largest absolute Gasteiger partial charge is 0.459 e. The highest BCUT2D eigenvalue weighted by Crippen LogP contribution is 2.70. The Morgan fingerprint density at radius 1 is 0.474 bits per heavy atom. The maximum absolute atomic E-state index is 13.6. The summed E-state index contributed by atoms with van der Waals surface area (Å²) >= 11 is 0. The summed E-state index contributed by atoms with van der Waals surface area (Å²) in [6, 6.07) is 14.4. The average molecular weight is 1040 g/mol. The van der Waals surface area contributed by atoms with Gasteiger partial charge in [-0.15, -0.1) is 0 Å². The first-order valence-corrected chi connectivity index (χ1v) is 30.0. The summed E-state index contributed by atoms with van der Waals surface area (Å²) in [7, 11) is 0. The summed E-state index contributed by atoms with van der Waals surface area (Å²) in [5.41, 5.74) is 7.83. The smallest absolute Gasteiger partial charge is 0.338 e. The van der Waals surface area contributed by atoms with Gasteiger partial charge in [0.25, 0.3) is 0 Å². The normalized spacial score (nSPS) is 45.8. The first kappa shape index (κ1) is 53.6. The van der Waals surface area contributed by atoms with Gasteiger partial charge in [-0.2, -0.15) is 10.2 Å². The fraction of sp³-hybridized carbons (Fsp3) is 0.719. The number of hydrogen-bond acceptors (Lipinski definition) is 10. The van der Waals surface area contributed by atoms with E-state index in [0.29, 0.717) is 83.1 Å². The summed E-state index contributed by atoms with van der Waals surface area (Å²) in [6.07, 6.45) is 20.1.